The molecule has 4 heterocycles. The number of ether oxygens (including phenoxy) is 1. The molecular weight excluding hydrogens is 489 g/mol. The van der Waals surface area contributed by atoms with Gasteiger partial charge in [0.25, 0.3) is 5.91 Å². The highest BCUT2D eigenvalue weighted by molar-refractivity contribution is 6.04. The number of aromatic nitrogens is 4. The first-order valence-corrected chi connectivity index (χ1v) is 12.1. The van der Waals surface area contributed by atoms with Crippen LogP contribution in [0.5, 0.6) is 0 Å². The average Bonchev–Trinajstić information content (AvgIpc) is 3.55. The molecule has 1 atom stereocenters. The standard InChI is InChI=1S/C27H26FN7O3/c1-38-15-3-5-22(36)34-13-2-4-20(34)26-33-23(24-25(29)31-12-14-35(24)26)17-6-8-18(9-7-17)27(37)32-21-16-19(28)10-11-30-21/h3,5-12,14,16,20H,2,4,13,15H2,1H3,(H2,29,31)(H,30,32,37). The number of anilines is 2. The summed E-state index contributed by atoms with van der Waals surface area (Å²) in [7, 11) is 1.57. The minimum absolute atomic E-state index is 0.104. The number of nitrogen functional groups attached to an aromatic ring is 1. The molecule has 3 aromatic heterocycles. The van der Waals surface area contributed by atoms with Crippen LogP contribution in [0, 0.1) is 5.82 Å². The van der Waals surface area contributed by atoms with Crippen LogP contribution < -0.4 is 11.1 Å². The van der Waals surface area contributed by atoms with Crippen molar-refractivity contribution in [3.63, 3.8) is 0 Å². The van der Waals surface area contributed by atoms with Gasteiger partial charge in [-0.3, -0.25) is 14.0 Å². The second-order valence-electron chi connectivity index (χ2n) is 8.79. The number of rotatable bonds is 7. The van der Waals surface area contributed by atoms with Crippen LogP contribution in [-0.2, 0) is 9.53 Å². The lowest BCUT2D eigenvalue weighted by atomic mass is 10.1. The molecule has 5 rings (SSSR count). The Labute approximate surface area is 218 Å². The molecule has 1 aromatic carbocycles. The lowest BCUT2D eigenvalue weighted by Gasteiger charge is -2.22. The zero-order valence-electron chi connectivity index (χ0n) is 20.7. The van der Waals surface area contributed by atoms with E-state index in [4.69, 9.17) is 15.5 Å². The number of carbonyl (C=O) groups excluding carboxylic acids is 2. The molecule has 0 saturated carbocycles. The van der Waals surface area contributed by atoms with Gasteiger partial charge >= 0.3 is 0 Å². The Hall–Kier alpha value is -4.64. The van der Waals surface area contributed by atoms with E-state index in [1.165, 1.54) is 18.3 Å². The molecule has 10 nitrogen and oxygen atoms in total. The Kier molecular flexibility index (Phi) is 7.09. The molecular formula is C27H26FN7O3. The fourth-order valence-corrected chi connectivity index (χ4v) is 4.60. The summed E-state index contributed by atoms with van der Waals surface area (Å²) in [5.41, 5.74) is 8.59. The average molecular weight is 516 g/mol. The van der Waals surface area contributed by atoms with E-state index in [2.05, 4.69) is 15.3 Å². The van der Waals surface area contributed by atoms with Crippen molar-refractivity contribution in [3.05, 3.63) is 84.3 Å². The van der Waals surface area contributed by atoms with E-state index >= 15 is 0 Å². The number of hydrogen-bond donors (Lipinski definition) is 2. The lowest BCUT2D eigenvalue weighted by molar-refractivity contribution is -0.127. The summed E-state index contributed by atoms with van der Waals surface area (Å²) in [6.07, 6.45) is 9.50. The maximum Gasteiger partial charge on any atom is 0.256 e. The van der Waals surface area contributed by atoms with Crippen LogP contribution in [0.4, 0.5) is 16.0 Å². The number of nitrogens with one attached hydrogen (secondary N) is 1. The van der Waals surface area contributed by atoms with Gasteiger partial charge in [0, 0.05) is 55.5 Å². The molecule has 1 unspecified atom stereocenters. The molecule has 194 valence electrons. The van der Waals surface area contributed by atoms with Crippen molar-refractivity contribution in [1.82, 2.24) is 24.3 Å². The van der Waals surface area contributed by atoms with E-state index in [9.17, 15) is 14.0 Å². The van der Waals surface area contributed by atoms with Gasteiger partial charge in [0.2, 0.25) is 5.91 Å². The number of halogens is 1. The van der Waals surface area contributed by atoms with Crippen molar-refractivity contribution in [2.75, 3.05) is 31.3 Å². The van der Waals surface area contributed by atoms with E-state index in [-0.39, 0.29) is 17.8 Å². The van der Waals surface area contributed by atoms with Crippen molar-refractivity contribution in [2.45, 2.75) is 18.9 Å². The maximum absolute atomic E-state index is 13.4. The number of benzene rings is 1. The first kappa shape index (κ1) is 25.0. The Morgan fingerprint density at radius 1 is 1.21 bits per heavy atom. The number of carbonyl (C=O) groups is 2. The van der Waals surface area contributed by atoms with Crippen molar-refractivity contribution in [3.8, 4) is 11.3 Å². The molecule has 0 aliphatic carbocycles. The topological polar surface area (TPSA) is 128 Å². The number of nitrogens with zero attached hydrogens (tertiary/aromatic N) is 5. The van der Waals surface area contributed by atoms with Crippen LogP contribution in [0.2, 0.25) is 0 Å². The first-order chi connectivity index (χ1) is 18.5. The van der Waals surface area contributed by atoms with Gasteiger partial charge in [0.05, 0.1) is 12.6 Å². The third-order valence-corrected chi connectivity index (χ3v) is 6.35. The smallest absolute Gasteiger partial charge is 0.256 e. The van der Waals surface area contributed by atoms with Crippen LogP contribution in [-0.4, -0.2) is 56.3 Å². The summed E-state index contributed by atoms with van der Waals surface area (Å²) < 4.78 is 20.3. The van der Waals surface area contributed by atoms with E-state index in [1.54, 1.807) is 54.7 Å². The number of hydrogen-bond acceptors (Lipinski definition) is 7. The van der Waals surface area contributed by atoms with Crippen molar-refractivity contribution in [1.29, 1.82) is 0 Å². The molecule has 0 bridgehead atoms. The van der Waals surface area contributed by atoms with Gasteiger partial charge in [0.15, 0.2) is 0 Å². The highest BCUT2D eigenvalue weighted by atomic mass is 19.1. The minimum Gasteiger partial charge on any atom is -0.382 e. The normalized spacial score (nSPS) is 15.4. The highest BCUT2D eigenvalue weighted by Crippen LogP contribution is 2.36. The molecule has 3 N–H and O–H groups in total. The van der Waals surface area contributed by atoms with E-state index in [0.29, 0.717) is 41.6 Å². The Morgan fingerprint density at radius 3 is 2.79 bits per heavy atom. The molecule has 0 spiro atoms. The van der Waals surface area contributed by atoms with E-state index in [0.717, 1.165) is 24.5 Å². The van der Waals surface area contributed by atoms with E-state index in [1.807, 2.05) is 4.40 Å². The van der Waals surface area contributed by atoms with Gasteiger partial charge in [-0.2, -0.15) is 0 Å². The predicted molar refractivity (Wildman–Crippen MR) is 140 cm³/mol. The fourth-order valence-electron chi connectivity index (χ4n) is 4.60. The molecule has 1 fully saturated rings. The van der Waals surface area contributed by atoms with Crippen LogP contribution in [0.25, 0.3) is 16.8 Å². The number of fused-ring (bicyclic) bond motifs is 1. The van der Waals surface area contributed by atoms with Crippen molar-refractivity contribution < 1.29 is 18.7 Å². The second-order valence-corrected chi connectivity index (χ2v) is 8.79. The van der Waals surface area contributed by atoms with Crippen LogP contribution >= 0.6 is 0 Å². The Morgan fingerprint density at radius 2 is 2.03 bits per heavy atom. The molecule has 4 aromatic rings. The second kappa shape index (κ2) is 10.8. The number of amides is 2. The SMILES string of the molecule is COCC=CC(=O)N1CCCC1c1nc(-c2ccc(C(=O)Nc3cc(F)ccn3)cc2)c2c(N)nccn12. The van der Waals surface area contributed by atoms with Gasteiger partial charge < -0.3 is 20.7 Å². The fraction of sp³-hybridized carbons (Fsp3) is 0.222. The van der Waals surface area contributed by atoms with Gasteiger partial charge in [-0.1, -0.05) is 18.2 Å². The van der Waals surface area contributed by atoms with Gasteiger partial charge in [0.1, 0.15) is 34.5 Å². The zero-order valence-corrected chi connectivity index (χ0v) is 20.7. The van der Waals surface area contributed by atoms with Crippen LogP contribution in [0.15, 0.2) is 67.1 Å². The van der Waals surface area contributed by atoms with Crippen LogP contribution in [0.1, 0.15) is 35.1 Å². The number of nitrogens with two attached hydrogens (primary N) is 1. The van der Waals surface area contributed by atoms with Gasteiger partial charge in [-0.25, -0.2) is 19.3 Å². The Bertz CT molecular complexity index is 1520. The summed E-state index contributed by atoms with van der Waals surface area (Å²) in [6, 6.07) is 8.93. The molecule has 1 aliphatic heterocycles. The summed E-state index contributed by atoms with van der Waals surface area (Å²) in [6.45, 7) is 0.977. The predicted octanol–water partition coefficient (Wildman–Crippen LogP) is 3.63. The lowest BCUT2D eigenvalue weighted by Crippen LogP contribution is -2.30. The van der Waals surface area contributed by atoms with Gasteiger partial charge in [-0.15, -0.1) is 0 Å². The molecule has 1 aliphatic rings. The quantitative estimate of drug-likeness (QED) is 0.360. The minimum atomic E-state index is -0.493. The highest BCUT2D eigenvalue weighted by Gasteiger charge is 2.33. The molecule has 11 heteroatoms. The van der Waals surface area contributed by atoms with Gasteiger partial charge in [-0.05, 0) is 31.0 Å². The maximum atomic E-state index is 13.4. The molecule has 0 radical (unpaired) electrons. The number of methoxy groups -OCH3 is 1. The summed E-state index contributed by atoms with van der Waals surface area (Å²) in [5.74, 6) is 0.0920. The molecule has 38 heavy (non-hydrogen) atoms. The third-order valence-electron chi connectivity index (χ3n) is 6.35. The van der Waals surface area contributed by atoms with Crippen molar-refractivity contribution in [2.24, 2.45) is 0 Å². The molecule has 2 amide bonds. The monoisotopic (exact) mass is 515 g/mol. The number of pyridine rings is 1. The van der Waals surface area contributed by atoms with Crippen LogP contribution in [0.3, 0.4) is 0 Å². The largest absolute Gasteiger partial charge is 0.382 e. The number of imidazole rings is 1. The summed E-state index contributed by atoms with van der Waals surface area (Å²) in [4.78, 5) is 40.4. The summed E-state index contributed by atoms with van der Waals surface area (Å²) in [5, 5.41) is 2.58. The summed E-state index contributed by atoms with van der Waals surface area (Å²) >= 11 is 0. The zero-order chi connectivity index (χ0) is 26.6. The molecule has 1 saturated heterocycles. The number of likely N-dealkylation sites (tertiary alicyclic amines) is 1. The third kappa shape index (κ3) is 4.96. The van der Waals surface area contributed by atoms with E-state index < -0.39 is 11.7 Å². The van der Waals surface area contributed by atoms with Crippen molar-refractivity contribution >= 4 is 29.0 Å². The first-order valence-electron chi connectivity index (χ1n) is 12.1. The Balaban J connectivity index is 1.46.